The Morgan fingerprint density at radius 2 is 1.84 bits per heavy atom. The summed E-state index contributed by atoms with van der Waals surface area (Å²) in [5.41, 5.74) is 3.73. The van der Waals surface area contributed by atoms with E-state index in [1.165, 1.54) is 4.31 Å². The van der Waals surface area contributed by atoms with Crippen molar-refractivity contribution in [2.75, 3.05) is 20.2 Å². The number of ether oxygens (including phenoxy) is 1. The average Bonchev–Trinajstić information content (AvgIpc) is 3.18. The van der Waals surface area contributed by atoms with E-state index in [1.807, 2.05) is 12.1 Å². The Labute approximate surface area is 185 Å². The Kier molecular flexibility index (Phi) is 5.36. The summed E-state index contributed by atoms with van der Waals surface area (Å²) in [7, 11) is -1.76. The van der Waals surface area contributed by atoms with Crippen LogP contribution in [0.4, 0.5) is 0 Å². The summed E-state index contributed by atoms with van der Waals surface area (Å²) in [5, 5.41) is 0. The first-order valence-electron chi connectivity index (χ1n) is 10.4. The van der Waals surface area contributed by atoms with Crippen LogP contribution in [0.1, 0.15) is 18.0 Å². The van der Waals surface area contributed by atoms with Crippen molar-refractivity contribution in [3.05, 3.63) is 66.4 Å². The van der Waals surface area contributed by atoms with Gasteiger partial charge in [-0.25, -0.2) is 13.4 Å². The lowest BCUT2D eigenvalue weighted by atomic mass is 10.1. The fourth-order valence-corrected chi connectivity index (χ4v) is 5.10. The summed E-state index contributed by atoms with van der Waals surface area (Å²) in [6.45, 7) is 1.18. The van der Waals surface area contributed by atoms with Crippen molar-refractivity contribution in [3.63, 3.8) is 0 Å². The van der Waals surface area contributed by atoms with Gasteiger partial charge < -0.3 is 9.15 Å². The van der Waals surface area contributed by atoms with E-state index in [0.29, 0.717) is 47.9 Å². The van der Waals surface area contributed by atoms with Gasteiger partial charge in [-0.2, -0.15) is 9.29 Å². The molecule has 32 heavy (non-hydrogen) atoms. The Morgan fingerprint density at radius 1 is 1.03 bits per heavy atom. The van der Waals surface area contributed by atoms with Crippen molar-refractivity contribution in [1.82, 2.24) is 19.3 Å². The molecule has 3 aromatic heterocycles. The van der Waals surface area contributed by atoms with Crippen molar-refractivity contribution >= 4 is 21.3 Å². The molecule has 1 saturated heterocycles. The number of hydrogen-bond acceptors (Lipinski definition) is 7. The van der Waals surface area contributed by atoms with Gasteiger partial charge in [0.15, 0.2) is 17.1 Å². The molecule has 0 unspecified atom stereocenters. The fourth-order valence-electron chi connectivity index (χ4n) is 3.58. The molecule has 1 aliphatic rings. The zero-order valence-corrected chi connectivity index (χ0v) is 18.4. The molecule has 0 spiro atoms. The maximum Gasteiger partial charge on any atom is 0.243 e. The molecule has 1 aromatic carbocycles. The number of pyridine rings is 2. The second kappa shape index (κ2) is 8.33. The van der Waals surface area contributed by atoms with Crippen LogP contribution in [0, 0.1) is 0 Å². The molecule has 8 nitrogen and oxygen atoms in total. The highest BCUT2D eigenvalue weighted by molar-refractivity contribution is 7.89. The molecule has 5 rings (SSSR count). The molecule has 1 aliphatic heterocycles. The van der Waals surface area contributed by atoms with Crippen LogP contribution in [0.25, 0.3) is 22.4 Å². The van der Waals surface area contributed by atoms with Crippen LogP contribution in [0.3, 0.4) is 0 Å². The summed E-state index contributed by atoms with van der Waals surface area (Å²) >= 11 is 0. The minimum Gasteiger partial charge on any atom is -0.497 e. The number of benzene rings is 1. The van der Waals surface area contributed by atoms with E-state index in [1.54, 1.807) is 49.8 Å². The number of nitrogens with zero attached hydrogens (tertiary/aromatic N) is 4. The van der Waals surface area contributed by atoms with Crippen LogP contribution in [-0.2, 0) is 22.9 Å². The van der Waals surface area contributed by atoms with Gasteiger partial charge in [0.25, 0.3) is 0 Å². The maximum atomic E-state index is 12.5. The van der Waals surface area contributed by atoms with Gasteiger partial charge in [-0.05, 0) is 42.7 Å². The monoisotopic (exact) mass is 450 g/mol. The smallest absolute Gasteiger partial charge is 0.243 e. The number of hydrogen-bond donors (Lipinski definition) is 0. The molecule has 164 valence electrons. The van der Waals surface area contributed by atoms with Gasteiger partial charge in [0.2, 0.25) is 10.0 Å². The van der Waals surface area contributed by atoms with Crippen molar-refractivity contribution < 1.29 is 17.6 Å². The van der Waals surface area contributed by atoms with E-state index in [-0.39, 0.29) is 0 Å². The lowest BCUT2D eigenvalue weighted by molar-refractivity contribution is 0.309. The first-order valence-corrected chi connectivity index (χ1v) is 11.8. The zero-order valence-electron chi connectivity index (χ0n) is 17.6. The molecule has 4 aromatic rings. The second-order valence-corrected chi connectivity index (χ2v) is 9.56. The van der Waals surface area contributed by atoms with Crippen LogP contribution in [0.5, 0.6) is 5.75 Å². The molecule has 0 atom stereocenters. The van der Waals surface area contributed by atoms with Crippen molar-refractivity contribution in [1.29, 1.82) is 0 Å². The number of aryl methyl sites for hydroxylation is 2. The first-order chi connectivity index (χ1) is 15.5. The summed E-state index contributed by atoms with van der Waals surface area (Å²) in [6.07, 6.45) is 5.61. The largest absolute Gasteiger partial charge is 0.497 e. The third-order valence-electron chi connectivity index (χ3n) is 5.55. The van der Waals surface area contributed by atoms with E-state index in [9.17, 15) is 8.42 Å². The van der Waals surface area contributed by atoms with E-state index in [4.69, 9.17) is 9.15 Å². The van der Waals surface area contributed by atoms with E-state index in [0.717, 1.165) is 29.0 Å². The molecule has 0 bridgehead atoms. The van der Waals surface area contributed by atoms with Crippen molar-refractivity contribution in [3.8, 4) is 16.9 Å². The minimum absolute atomic E-state index is 0.308. The topological polar surface area (TPSA) is 98.4 Å². The van der Waals surface area contributed by atoms with Gasteiger partial charge >= 0.3 is 0 Å². The molecule has 0 N–H and O–H groups in total. The van der Waals surface area contributed by atoms with Crippen LogP contribution in [0.2, 0.25) is 0 Å². The summed E-state index contributed by atoms with van der Waals surface area (Å²) in [6, 6.07) is 12.4. The minimum atomic E-state index is -3.39. The lowest BCUT2D eigenvalue weighted by Crippen LogP contribution is -2.41. The fraction of sp³-hybridized carbons (Fsp3) is 0.261. The number of methoxy groups -OCH3 is 1. The highest BCUT2D eigenvalue weighted by Crippen LogP contribution is 2.27. The number of sulfonamides is 1. The normalized spacial score (nSPS) is 14.4. The van der Waals surface area contributed by atoms with Gasteiger partial charge in [-0.1, -0.05) is 12.1 Å². The molecule has 0 amide bonds. The van der Waals surface area contributed by atoms with Crippen LogP contribution >= 0.6 is 0 Å². The molecular formula is C23H22N4O4S. The highest BCUT2D eigenvalue weighted by Gasteiger charge is 2.29. The van der Waals surface area contributed by atoms with Gasteiger partial charge in [-0.15, -0.1) is 0 Å². The van der Waals surface area contributed by atoms with Crippen LogP contribution in [-0.4, -0.2) is 47.9 Å². The number of aromatic nitrogens is 3. The van der Waals surface area contributed by atoms with Crippen molar-refractivity contribution in [2.24, 2.45) is 0 Å². The summed E-state index contributed by atoms with van der Waals surface area (Å²) in [5.74, 6) is 1.35. The highest BCUT2D eigenvalue weighted by atomic mass is 32.2. The molecule has 0 saturated carbocycles. The zero-order chi connectivity index (χ0) is 22.1. The van der Waals surface area contributed by atoms with E-state index < -0.39 is 10.0 Å². The Hall–Kier alpha value is -3.30. The Balaban J connectivity index is 1.33. The number of oxazole rings is 1. The Morgan fingerprint density at radius 3 is 2.56 bits per heavy atom. The van der Waals surface area contributed by atoms with Gasteiger partial charge in [0, 0.05) is 49.2 Å². The average molecular weight is 451 g/mol. The van der Waals surface area contributed by atoms with E-state index in [2.05, 4.69) is 15.0 Å². The molecule has 1 fully saturated rings. The van der Waals surface area contributed by atoms with Crippen LogP contribution < -0.4 is 4.74 Å². The predicted molar refractivity (Wildman–Crippen MR) is 119 cm³/mol. The van der Waals surface area contributed by atoms with Gasteiger partial charge in [0.05, 0.1) is 12.0 Å². The molecule has 4 heterocycles. The molecular weight excluding hydrogens is 428 g/mol. The van der Waals surface area contributed by atoms with Crippen LogP contribution in [0.15, 0.2) is 64.2 Å². The van der Waals surface area contributed by atoms with Crippen molar-refractivity contribution in [2.45, 2.75) is 24.2 Å². The molecule has 0 aliphatic carbocycles. The molecule has 0 radical (unpaired) electrons. The standard InChI is InChI=1S/C23H22N4O4S/c1-30-19-9-10-24-18(14-19)5-8-22-26-23-21(31-22)13-17(15-25-23)16-3-6-20(7-4-16)32(28,29)27-11-2-12-27/h3-4,6-7,9-10,13-15H,2,5,8,11-12H2,1H3. The predicted octanol–water partition coefficient (Wildman–Crippen LogP) is 3.47. The second-order valence-electron chi connectivity index (χ2n) is 7.62. The third kappa shape index (κ3) is 3.96. The Bertz CT molecular complexity index is 1360. The third-order valence-corrected chi connectivity index (χ3v) is 7.46. The maximum absolute atomic E-state index is 12.5. The summed E-state index contributed by atoms with van der Waals surface area (Å²) < 4.78 is 37.7. The van der Waals surface area contributed by atoms with E-state index >= 15 is 0 Å². The van der Waals surface area contributed by atoms with Gasteiger partial charge in [-0.3, -0.25) is 4.98 Å². The summed E-state index contributed by atoms with van der Waals surface area (Å²) in [4.78, 5) is 13.5. The van der Waals surface area contributed by atoms with Gasteiger partial charge in [0.1, 0.15) is 5.75 Å². The number of fused-ring (bicyclic) bond motifs is 1. The SMILES string of the molecule is COc1ccnc(CCc2nc3ncc(-c4ccc(S(=O)(=O)N5CCC5)cc4)cc3o2)c1. The molecule has 9 heteroatoms. The first kappa shape index (κ1) is 20.6. The number of rotatable bonds is 7. The quantitative estimate of drug-likeness (QED) is 0.425. The lowest BCUT2D eigenvalue weighted by Gasteiger charge is -2.29.